The predicted octanol–water partition coefficient (Wildman–Crippen LogP) is 0.829. The zero-order valence-electron chi connectivity index (χ0n) is 8.00. The minimum Gasteiger partial charge on any atom is -0.423 e. The molecule has 72 valence electrons. The van der Waals surface area contributed by atoms with Crippen LogP contribution in [0, 0.1) is 0 Å². The molecule has 0 spiro atoms. The number of hydrogen-bond donors (Lipinski definition) is 1. The molecule has 0 aliphatic carbocycles. The lowest BCUT2D eigenvalue weighted by Gasteiger charge is -2.06. The van der Waals surface area contributed by atoms with E-state index in [0.717, 1.165) is 0 Å². The molecule has 5 heteroatoms. The van der Waals surface area contributed by atoms with Gasteiger partial charge in [-0.05, 0) is 6.92 Å². The molecule has 1 N–H and O–H groups in total. The van der Waals surface area contributed by atoms with E-state index in [4.69, 9.17) is 4.42 Å². The van der Waals surface area contributed by atoms with Crippen LogP contribution in [0.1, 0.15) is 38.6 Å². The molecule has 1 aromatic heterocycles. The first-order valence-electron chi connectivity index (χ1n) is 4.22. The number of nitrogens with zero attached hydrogens (tertiary/aromatic N) is 2. The Balaban J connectivity index is 2.65. The van der Waals surface area contributed by atoms with Crippen LogP contribution in [-0.2, 0) is 11.2 Å². The van der Waals surface area contributed by atoms with Gasteiger partial charge in [-0.3, -0.25) is 4.79 Å². The number of carbonyl (C=O) groups is 1. The Morgan fingerprint density at radius 3 is 2.77 bits per heavy atom. The first-order valence-corrected chi connectivity index (χ1v) is 4.22. The molecule has 13 heavy (non-hydrogen) atoms. The zero-order valence-corrected chi connectivity index (χ0v) is 8.00. The second-order valence-electron chi connectivity index (χ2n) is 2.81. The highest BCUT2D eigenvalue weighted by Gasteiger charge is 2.13. The first kappa shape index (κ1) is 9.70. The lowest BCUT2D eigenvalue weighted by Crippen LogP contribution is -2.23. The van der Waals surface area contributed by atoms with E-state index in [1.807, 2.05) is 6.92 Å². The topological polar surface area (TPSA) is 68.0 Å². The molecule has 1 rings (SSSR count). The highest BCUT2D eigenvalue weighted by Crippen LogP contribution is 2.10. The minimum atomic E-state index is -0.217. The molecule has 0 bridgehead atoms. The van der Waals surface area contributed by atoms with Crippen molar-refractivity contribution in [3.8, 4) is 0 Å². The van der Waals surface area contributed by atoms with Crippen molar-refractivity contribution in [1.29, 1.82) is 0 Å². The van der Waals surface area contributed by atoms with Gasteiger partial charge in [0.2, 0.25) is 17.7 Å². The van der Waals surface area contributed by atoms with Gasteiger partial charge < -0.3 is 9.73 Å². The number of nitrogens with one attached hydrogen (secondary N) is 1. The Morgan fingerprint density at radius 1 is 1.62 bits per heavy atom. The molecule has 0 saturated carbocycles. The second kappa shape index (κ2) is 4.02. The van der Waals surface area contributed by atoms with Crippen molar-refractivity contribution in [3.05, 3.63) is 11.8 Å². The fraction of sp³-hybridized carbons (Fsp3) is 0.625. The molecule has 1 unspecified atom stereocenters. The Morgan fingerprint density at radius 2 is 2.31 bits per heavy atom. The summed E-state index contributed by atoms with van der Waals surface area (Å²) in [6.07, 6.45) is 0.708. The van der Waals surface area contributed by atoms with E-state index in [0.29, 0.717) is 18.2 Å². The van der Waals surface area contributed by atoms with Gasteiger partial charge in [-0.1, -0.05) is 6.92 Å². The molecule has 5 nitrogen and oxygen atoms in total. The van der Waals surface area contributed by atoms with Crippen molar-refractivity contribution < 1.29 is 9.21 Å². The van der Waals surface area contributed by atoms with Crippen LogP contribution in [0.5, 0.6) is 0 Å². The van der Waals surface area contributed by atoms with Crippen molar-refractivity contribution in [3.63, 3.8) is 0 Å². The molecule has 1 aromatic rings. The van der Waals surface area contributed by atoms with E-state index in [9.17, 15) is 4.79 Å². The standard InChI is InChI=1S/C8H13N3O2/c1-4-7-10-11-8(13-7)5(2)9-6(3)12/h5H,4H2,1-3H3,(H,9,12). The summed E-state index contributed by atoms with van der Waals surface area (Å²) < 4.78 is 5.26. The van der Waals surface area contributed by atoms with E-state index in [1.165, 1.54) is 6.92 Å². The van der Waals surface area contributed by atoms with Gasteiger partial charge in [-0.15, -0.1) is 10.2 Å². The maximum absolute atomic E-state index is 10.7. The molecule has 0 fully saturated rings. The smallest absolute Gasteiger partial charge is 0.238 e. The summed E-state index contributed by atoms with van der Waals surface area (Å²) in [6.45, 7) is 5.18. The number of amides is 1. The van der Waals surface area contributed by atoms with E-state index < -0.39 is 0 Å². The van der Waals surface area contributed by atoms with Gasteiger partial charge in [0.1, 0.15) is 6.04 Å². The van der Waals surface area contributed by atoms with Crippen molar-refractivity contribution in [2.24, 2.45) is 0 Å². The normalized spacial score (nSPS) is 12.5. The van der Waals surface area contributed by atoms with Gasteiger partial charge in [0, 0.05) is 13.3 Å². The number of hydrogen-bond acceptors (Lipinski definition) is 4. The average Bonchev–Trinajstić information content (AvgIpc) is 2.50. The molecular weight excluding hydrogens is 170 g/mol. The molecule has 1 amide bonds. The van der Waals surface area contributed by atoms with Crippen molar-refractivity contribution in [1.82, 2.24) is 15.5 Å². The van der Waals surface area contributed by atoms with Crippen LogP contribution in [0.25, 0.3) is 0 Å². The Kier molecular flexibility index (Phi) is 3.00. The number of rotatable bonds is 3. The molecular formula is C8H13N3O2. The summed E-state index contributed by atoms with van der Waals surface area (Å²) in [5.74, 6) is 0.933. The Bertz CT molecular complexity index is 295. The predicted molar refractivity (Wildman–Crippen MR) is 45.9 cm³/mol. The Labute approximate surface area is 76.5 Å². The van der Waals surface area contributed by atoms with Gasteiger partial charge >= 0.3 is 0 Å². The van der Waals surface area contributed by atoms with E-state index >= 15 is 0 Å². The molecule has 0 radical (unpaired) electrons. The quantitative estimate of drug-likeness (QED) is 0.753. The van der Waals surface area contributed by atoms with Crippen molar-refractivity contribution in [2.75, 3.05) is 0 Å². The van der Waals surface area contributed by atoms with E-state index in [-0.39, 0.29) is 11.9 Å². The first-order chi connectivity index (χ1) is 6.13. The summed E-state index contributed by atoms with van der Waals surface area (Å²) in [4.78, 5) is 10.7. The highest BCUT2D eigenvalue weighted by molar-refractivity contribution is 5.73. The molecule has 1 atom stereocenters. The summed E-state index contributed by atoms with van der Waals surface area (Å²) in [7, 11) is 0. The van der Waals surface area contributed by atoms with Gasteiger partial charge in [0.15, 0.2) is 0 Å². The van der Waals surface area contributed by atoms with Crippen LogP contribution in [0.4, 0.5) is 0 Å². The molecule has 0 saturated heterocycles. The third-order valence-electron chi connectivity index (χ3n) is 1.58. The fourth-order valence-electron chi connectivity index (χ4n) is 0.951. The van der Waals surface area contributed by atoms with Crippen molar-refractivity contribution in [2.45, 2.75) is 33.2 Å². The van der Waals surface area contributed by atoms with Crippen LogP contribution in [0.2, 0.25) is 0 Å². The summed E-state index contributed by atoms with van der Waals surface area (Å²) in [6, 6.07) is -0.217. The molecule has 0 aliphatic rings. The van der Waals surface area contributed by atoms with Gasteiger partial charge in [0.05, 0.1) is 0 Å². The van der Waals surface area contributed by atoms with Gasteiger partial charge in [-0.25, -0.2) is 0 Å². The lowest BCUT2D eigenvalue weighted by atomic mass is 10.3. The molecule has 0 aromatic carbocycles. The van der Waals surface area contributed by atoms with Gasteiger partial charge in [-0.2, -0.15) is 0 Å². The second-order valence-corrected chi connectivity index (χ2v) is 2.81. The van der Waals surface area contributed by atoms with Crippen LogP contribution in [0.15, 0.2) is 4.42 Å². The zero-order chi connectivity index (χ0) is 9.84. The van der Waals surface area contributed by atoms with E-state index in [1.54, 1.807) is 6.92 Å². The van der Waals surface area contributed by atoms with Crippen LogP contribution >= 0.6 is 0 Å². The number of carbonyl (C=O) groups excluding carboxylic acids is 1. The highest BCUT2D eigenvalue weighted by atomic mass is 16.4. The molecule has 1 heterocycles. The maximum atomic E-state index is 10.7. The summed E-state index contributed by atoms with van der Waals surface area (Å²) >= 11 is 0. The summed E-state index contributed by atoms with van der Waals surface area (Å²) in [5.41, 5.74) is 0. The van der Waals surface area contributed by atoms with Crippen LogP contribution < -0.4 is 5.32 Å². The minimum absolute atomic E-state index is 0.108. The third-order valence-corrected chi connectivity index (χ3v) is 1.58. The largest absolute Gasteiger partial charge is 0.423 e. The summed E-state index contributed by atoms with van der Waals surface area (Å²) in [5, 5.41) is 10.3. The maximum Gasteiger partial charge on any atom is 0.238 e. The number of aryl methyl sites for hydroxylation is 1. The fourth-order valence-corrected chi connectivity index (χ4v) is 0.951. The third kappa shape index (κ3) is 2.54. The monoisotopic (exact) mass is 183 g/mol. The SMILES string of the molecule is CCc1nnc(C(C)NC(C)=O)o1. The Hall–Kier alpha value is -1.39. The van der Waals surface area contributed by atoms with E-state index in [2.05, 4.69) is 15.5 Å². The van der Waals surface area contributed by atoms with Crippen LogP contribution in [-0.4, -0.2) is 16.1 Å². The lowest BCUT2D eigenvalue weighted by molar-refractivity contribution is -0.119. The molecule has 0 aliphatic heterocycles. The van der Waals surface area contributed by atoms with Crippen molar-refractivity contribution >= 4 is 5.91 Å². The number of aromatic nitrogens is 2. The van der Waals surface area contributed by atoms with Crippen LogP contribution in [0.3, 0.4) is 0 Å². The average molecular weight is 183 g/mol. The van der Waals surface area contributed by atoms with Gasteiger partial charge in [0.25, 0.3) is 0 Å².